The van der Waals surface area contributed by atoms with Crippen LogP contribution < -0.4 is 5.32 Å². The molecule has 0 aromatic heterocycles. The molecule has 66 valence electrons. The molecule has 2 heteroatoms. The highest BCUT2D eigenvalue weighted by Crippen LogP contribution is 2.17. The molecule has 0 bridgehead atoms. The lowest BCUT2D eigenvalue weighted by atomic mass is 9.88. The minimum Gasteiger partial charge on any atom is -0.307 e. The van der Waals surface area contributed by atoms with E-state index in [0.29, 0.717) is 12.6 Å². The summed E-state index contributed by atoms with van der Waals surface area (Å²) in [5, 5.41) is 3.17. The van der Waals surface area contributed by atoms with Crippen molar-refractivity contribution in [1.29, 1.82) is 0 Å². The van der Waals surface area contributed by atoms with Gasteiger partial charge in [-0.2, -0.15) is 0 Å². The largest absolute Gasteiger partial charge is 0.307 e. The number of carbonyl (C=O) groups is 1. The van der Waals surface area contributed by atoms with Crippen LogP contribution >= 0.6 is 0 Å². The van der Waals surface area contributed by atoms with Crippen molar-refractivity contribution in [1.82, 2.24) is 5.32 Å². The van der Waals surface area contributed by atoms with Crippen molar-refractivity contribution in [2.75, 3.05) is 6.54 Å². The molecule has 11 heavy (non-hydrogen) atoms. The predicted molar refractivity (Wildman–Crippen MR) is 47.6 cm³/mol. The van der Waals surface area contributed by atoms with E-state index in [1.807, 2.05) is 0 Å². The summed E-state index contributed by atoms with van der Waals surface area (Å²) in [5.41, 5.74) is 0.232. The molecule has 0 saturated carbocycles. The second-order valence-corrected chi connectivity index (χ2v) is 4.17. The van der Waals surface area contributed by atoms with Crippen LogP contribution in [0, 0.1) is 5.41 Å². The average molecular weight is 157 g/mol. The van der Waals surface area contributed by atoms with E-state index in [9.17, 15) is 4.79 Å². The second kappa shape index (κ2) is 3.86. The minimum atomic E-state index is 0.195. The van der Waals surface area contributed by atoms with E-state index in [1.165, 1.54) is 0 Å². The van der Waals surface area contributed by atoms with Gasteiger partial charge in [-0.25, -0.2) is 0 Å². The number of rotatable bonds is 3. The molecular formula is C9H19NO. The second-order valence-electron chi connectivity index (χ2n) is 4.17. The molecule has 0 aromatic carbocycles. The Labute approximate surface area is 69.4 Å². The summed E-state index contributed by atoms with van der Waals surface area (Å²) >= 11 is 0. The summed E-state index contributed by atoms with van der Waals surface area (Å²) < 4.78 is 0. The number of hydrogen-bond donors (Lipinski definition) is 1. The Morgan fingerprint density at radius 1 is 1.45 bits per heavy atom. The van der Waals surface area contributed by atoms with Crippen molar-refractivity contribution >= 4 is 5.78 Å². The third-order valence-corrected chi connectivity index (χ3v) is 1.96. The van der Waals surface area contributed by atoms with E-state index in [4.69, 9.17) is 0 Å². The minimum absolute atomic E-state index is 0.195. The zero-order chi connectivity index (χ0) is 9.07. The maximum absolute atomic E-state index is 10.6. The highest BCUT2D eigenvalue weighted by molar-refractivity contribution is 5.77. The van der Waals surface area contributed by atoms with Crippen LogP contribution in [0.25, 0.3) is 0 Å². The molecule has 0 aliphatic heterocycles. The van der Waals surface area contributed by atoms with Gasteiger partial charge < -0.3 is 5.32 Å². The molecule has 0 amide bonds. The number of nitrogens with one attached hydrogen (secondary N) is 1. The maximum Gasteiger partial charge on any atom is 0.143 e. The van der Waals surface area contributed by atoms with E-state index in [1.54, 1.807) is 6.92 Å². The lowest BCUT2D eigenvalue weighted by molar-refractivity contribution is -0.116. The van der Waals surface area contributed by atoms with Crippen LogP contribution in [-0.4, -0.2) is 18.4 Å². The zero-order valence-corrected chi connectivity index (χ0v) is 8.19. The third-order valence-electron chi connectivity index (χ3n) is 1.96. The summed E-state index contributed by atoms with van der Waals surface area (Å²) in [6.45, 7) is 10.7. The van der Waals surface area contributed by atoms with Gasteiger partial charge in [0.25, 0.3) is 0 Å². The standard InChI is InChI=1S/C9H19NO/c1-7(11)6-10-8(2)9(3,4)5/h8,10H,6H2,1-5H3. The first-order chi connectivity index (χ1) is 4.84. The van der Waals surface area contributed by atoms with E-state index in [2.05, 4.69) is 33.0 Å². The van der Waals surface area contributed by atoms with Gasteiger partial charge in [0.05, 0.1) is 6.54 Å². The van der Waals surface area contributed by atoms with E-state index < -0.39 is 0 Å². The highest BCUT2D eigenvalue weighted by atomic mass is 16.1. The van der Waals surface area contributed by atoms with Gasteiger partial charge in [-0.1, -0.05) is 20.8 Å². The summed E-state index contributed by atoms with van der Waals surface area (Å²) in [7, 11) is 0. The fourth-order valence-electron chi connectivity index (χ4n) is 0.603. The van der Waals surface area contributed by atoms with Crippen molar-refractivity contribution in [2.24, 2.45) is 5.41 Å². The molecule has 0 rings (SSSR count). The van der Waals surface area contributed by atoms with Crippen LogP contribution in [0.1, 0.15) is 34.6 Å². The number of ketones is 1. The van der Waals surface area contributed by atoms with Gasteiger partial charge in [-0.05, 0) is 19.3 Å². The van der Waals surface area contributed by atoms with Crippen LogP contribution in [0.15, 0.2) is 0 Å². The Balaban J connectivity index is 3.70. The molecule has 0 radical (unpaired) electrons. The summed E-state index contributed by atoms with van der Waals surface area (Å²) in [4.78, 5) is 10.6. The molecule has 1 atom stereocenters. The number of carbonyl (C=O) groups excluding carboxylic acids is 1. The van der Waals surface area contributed by atoms with Gasteiger partial charge >= 0.3 is 0 Å². The van der Waals surface area contributed by atoms with Crippen LogP contribution in [0.3, 0.4) is 0 Å². The Hall–Kier alpha value is -0.370. The van der Waals surface area contributed by atoms with Crippen LogP contribution in [-0.2, 0) is 4.79 Å². The molecule has 1 N–H and O–H groups in total. The van der Waals surface area contributed by atoms with Crippen molar-refractivity contribution < 1.29 is 4.79 Å². The quantitative estimate of drug-likeness (QED) is 0.674. The van der Waals surface area contributed by atoms with Crippen molar-refractivity contribution in [2.45, 2.75) is 40.7 Å². The van der Waals surface area contributed by atoms with Gasteiger partial charge in [0.2, 0.25) is 0 Å². The van der Waals surface area contributed by atoms with Crippen LogP contribution in [0.4, 0.5) is 0 Å². The maximum atomic E-state index is 10.6. The zero-order valence-electron chi connectivity index (χ0n) is 8.19. The first kappa shape index (κ1) is 10.6. The van der Waals surface area contributed by atoms with Gasteiger partial charge in [0.15, 0.2) is 0 Å². The molecule has 0 aliphatic carbocycles. The van der Waals surface area contributed by atoms with E-state index in [-0.39, 0.29) is 11.2 Å². The van der Waals surface area contributed by atoms with Crippen molar-refractivity contribution in [3.05, 3.63) is 0 Å². The fourth-order valence-corrected chi connectivity index (χ4v) is 0.603. The number of Topliss-reactive ketones (excluding diaryl/α,β-unsaturated/α-hetero) is 1. The molecular weight excluding hydrogens is 138 g/mol. The summed E-state index contributed by atoms with van der Waals surface area (Å²) in [6.07, 6.45) is 0. The first-order valence-corrected chi connectivity index (χ1v) is 4.07. The average Bonchev–Trinajstić information content (AvgIpc) is 1.80. The van der Waals surface area contributed by atoms with Gasteiger partial charge in [-0.3, -0.25) is 4.79 Å². The Morgan fingerprint density at radius 3 is 2.18 bits per heavy atom. The molecule has 0 saturated heterocycles. The Bertz CT molecular complexity index is 135. The molecule has 1 unspecified atom stereocenters. The number of hydrogen-bond acceptors (Lipinski definition) is 2. The van der Waals surface area contributed by atoms with Crippen LogP contribution in [0.5, 0.6) is 0 Å². The molecule has 0 spiro atoms. The normalized spacial score (nSPS) is 14.6. The molecule has 0 fully saturated rings. The smallest absolute Gasteiger partial charge is 0.143 e. The first-order valence-electron chi connectivity index (χ1n) is 4.07. The van der Waals surface area contributed by atoms with Gasteiger partial charge in [0, 0.05) is 6.04 Å². The van der Waals surface area contributed by atoms with E-state index >= 15 is 0 Å². The monoisotopic (exact) mass is 157 g/mol. The van der Waals surface area contributed by atoms with Crippen LogP contribution in [0.2, 0.25) is 0 Å². The topological polar surface area (TPSA) is 29.1 Å². The summed E-state index contributed by atoms with van der Waals surface area (Å²) in [6, 6.07) is 0.381. The molecule has 2 nitrogen and oxygen atoms in total. The third kappa shape index (κ3) is 4.96. The van der Waals surface area contributed by atoms with Gasteiger partial charge in [-0.15, -0.1) is 0 Å². The molecule has 0 aliphatic rings. The summed E-state index contributed by atoms with van der Waals surface area (Å²) in [5.74, 6) is 0.195. The van der Waals surface area contributed by atoms with Crippen molar-refractivity contribution in [3.8, 4) is 0 Å². The fraction of sp³-hybridized carbons (Fsp3) is 0.889. The van der Waals surface area contributed by atoms with Crippen molar-refractivity contribution in [3.63, 3.8) is 0 Å². The molecule has 0 aromatic rings. The molecule has 0 heterocycles. The van der Waals surface area contributed by atoms with E-state index in [0.717, 1.165) is 0 Å². The lowest BCUT2D eigenvalue weighted by Crippen LogP contribution is -2.39. The Kier molecular flexibility index (Phi) is 3.73. The lowest BCUT2D eigenvalue weighted by Gasteiger charge is -2.27. The Morgan fingerprint density at radius 2 is 1.91 bits per heavy atom. The highest BCUT2D eigenvalue weighted by Gasteiger charge is 2.19. The predicted octanol–water partition coefficient (Wildman–Crippen LogP) is 1.60. The SMILES string of the molecule is CC(=O)CNC(C)C(C)(C)C. The van der Waals surface area contributed by atoms with Gasteiger partial charge in [0.1, 0.15) is 5.78 Å².